The molecular formula is C24H33N5O12. The van der Waals surface area contributed by atoms with Gasteiger partial charge in [0.25, 0.3) is 11.5 Å². The van der Waals surface area contributed by atoms with Crippen molar-refractivity contribution in [1.82, 2.24) is 20.2 Å². The largest absolute Gasteiger partial charge is 0.456 e. The standard InChI is InChI=1S/C24H33N5O12/c1-37-15-16(40-22(18(15)38-2)29-8-6-13(31)28-24(29)36)17(19(25)33)41-23-14(32)11(30)9-12(39-23)21(35)27-10-5-3-4-7-26-20(10)34/h6,8-11,14-18,22-23,30,32H,3-5,7H2,1-2H3,(H2,25,33)(H,26,34)(H,27,35)(H,28,31,36)/t10-,11-,14-,15+,16-,17+,18+,22+,23+/m0/s1. The normalized spacial score (nSPS) is 32.7. The number of methoxy groups -OCH3 is 2. The van der Waals surface area contributed by atoms with Gasteiger partial charge in [0.1, 0.15) is 36.6 Å². The van der Waals surface area contributed by atoms with Gasteiger partial charge in [-0.3, -0.25) is 28.7 Å². The number of nitrogens with two attached hydrogens (primary N) is 1. The smallest absolute Gasteiger partial charge is 0.330 e. The maximum absolute atomic E-state index is 12.9. The molecular weight excluding hydrogens is 550 g/mol. The van der Waals surface area contributed by atoms with Gasteiger partial charge in [-0.05, 0) is 25.3 Å². The van der Waals surface area contributed by atoms with Gasteiger partial charge in [-0.25, -0.2) is 4.79 Å². The maximum atomic E-state index is 12.9. The molecule has 226 valence electrons. The number of aromatic nitrogens is 2. The first-order valence-corrected chi connectivity index (χ1v) is 12.9. The van der Waals surface area contributed by atoms with E-state index in [1.165, 1.54) is 20.4 Å². The first kappa shape index (κ1) is 30.4. The predicted molar refractivity (Wildman–Crippen MR) is 135 cm³/mol. The van der Waals surface area contributed by atoms with Gasteiger partial charge < -0.3 is 50.3 Å². The number of carbonyl (C=O) groups excluding carboxylic acids is 3. The van der Waals surface area contributed by atoms with Gasteiger partial charge in [0.05, 0.1) is 0 Å². The Balaban J connectivity index is 1.54. The lowest BCUT2D eigenvalue weighted by molar-refractivity contribution is -0.241. The molecule has 3 amide bonds. The van der Waals surface area contributed by atoms with Gasteiger partial charge in [-0.15, -0.1) is 0 Å². The zero-order chi connectivity index (χ0) is 29.8. The number of primary amides is 1. The second-order valence-electron chi connectivity index (χ2n) is 9.68. The van der Waals surface area contributed by atoms with Gasteiger partial charge in [0.15, 0.2) is 18.1 Å². The summed E-state index contributed by atoms with van der Waals surface area (Å²) in [5.74, 6) is -2.79. The first-order valence-electron chi connectivity index (χ1n) is 12.9. The van der Waals surface area contributed by atoms with E-state index >= 15 is 0 Å². The molecule has 41 heavy (non-hydrogen) atoms. The highest BCUT2D eigenvalue weighted by atomic mass is 16.7. The molecule has 0 aliphatic carbocycles. The highest BCUT2D eigenvalue weighted by Crippen LogP contribution is 2.35. The van der Waals surface area contributed by atoms with E-state index in [0.29, 0.717) is 19.4 Å². The Hall–Kier alpha value is -3.61. The van der Waals surface area contributed by atoms with Crippen LogP contribution in [0.5, 0.6) is 0 Å². The van der Waals surface area contributed by atoms with Gasteiger partial charge in [-0.1, -0.05) is 0 Å². The highest BCUT2D eigenvalue weighted by molar-refractivity contribution is 5.95. The number of amides is 3. The summed E-state index contributed by atoms with van der Waals surface area (Å²) >= 11 is 0. The number of aliphatic hydroxyl groups excluding tert-OH is 2. The number of aromatic amines is 1. The predicted octanol–water partition coefficient (Wildman–Crippen LogP) is -3.92. The van der Waals surface area contributed by atoms with Gasteiger partial charge in [0.2, 0.25) is 18.1 Å². The average Bonchev–Trinajstić information content (AvgIpc) is 3.17. The zero-order valence-corrected chi connectivity index (χ0v) is 22.3. The van der Waals surface area contributed by atoms with E-state index in [4.69, 9.17) is 29.4 Å². The second-order valence-corrected chi connectivity index (χ2v) is 9.68. The monoisotopic (exact) mass is 583 g/mol. The number of carbonyl (C=O) groups is 3. The van der Waals surface area contributed by atoms with Crippen LogP contribution in [0, 0.1) is 0 Å². The van der Waals surface area contributed by atoms with Crippen molar-refractivity contribution in [2.45, 2.75) is 74.4 Å². The van der Waals surface area contributed by atoms with Crippen LogP contribution >= 0.6 is 0 Å². The molecule has 17 nitrogen and oxygen atoms in total. The molecule has 0 spiro atoms. The van der Waals surface area contributed by atoms with Crippen LogP contribution in [0.25, 0.3) is 0 Å². The SMILES string of the molecule is CO[C@H]1[C@@H](OC)[C@H](n2ccc(=O)[nH]c2=O)O[C@@H]1[C@@H](O[C@H]1OC(C(=O)N[C@H]2CCCCNC2=O)=C[C@H](O)[C@@H]1O)C(N)=O. The number of nitrogens with one attached hydrogen (secondary N) is 3. The third-order valence-corrected chi connectivity index (χ3v) is 7.01. The Labute approximate surface area is 232 Å². The molecule has 0 unspecified atom stereocenters. The van der Waals surface area contributed by atoms with Crippen molar-refractivity contribution < 1.29 is 48.3 Å². The van der Waals surface area contributed by atoms with E-state index < -0.39 is 84.0 Å². The summed E-state index contributed by atoms with van der Waals surface area (Å²) in [6.45, 7) is 0.479. The Morgan fingerprint density at radius 2 is 1.90 bits per heavy atom. The number of H-pyrrole nitrogens is 1. The molecule has 0 saturated carbocycles. The number of ether oxygens (including phenoxy) is 5. The number of rotatable bonds is 9. The van der Waals surface area contributed by atoms with Crippen molar-refractivity contribution in [3.8, 4) is 0 Å². The minimum absolute atomic E-state index is 0.373. The van der Waals surface area contributed by atoms with Crippen molar-refractivity contribution in [3.63, 3.8) is 0 Å². The summed E-state index contributed by atoms with van der Waals surface area (Å²) in [5, 5.41) is 26.2. The molecule has 2 saturated heterocycles. The maximum Gasteiger partial charge on any atom is 0.330 e. The minimum Gasteiger partial charge on any atom is -0.456 e. The Morgan fingerprint density at radius 1 is 1.17 bits per heavy atom. The molecule has 2 fully saturated rings. The summed E-state index contributed by atoms with van der Waals surface area (Å²) in [7, 11) is 2.59. The fourth-order valence-electron chi connectivity index (χ4n) is 4.92. The van der Waals surface area contributed by atoms with Crippen LogP contribution in [-0.2, 0) is 38.1 Å². The second kappa shape index (κ2) is 12.9. The lowest BCUT2D eigenvalue weighted by Crippen LogP contribution is -2.54. The fraction of sp³-hybridized carbons (Fsp3) is 0.625. The lowest BCUT2D eigenvalue weighted by Gasteiger charge is -2.35. The van der Waals surface area contributed by atoms with E-state index in [1.807, 2.05) is 0 Å². The van der Waals surface area contributed by atoms with Crippen LogP contribution in [0.4, 0.5) is 0 Å². The molecule has 7 N–H and O–H groups in total. The van der Waals surface area contributed by atoms with E-state index in [1.54, 1.807) is 0 Å². The Morgan fingerprint density at radius 3 is 2.56 bits per heavy atom. The minimum atomic E-state index is -1.80. The van der Waals surface area contributed by atoms with Crippen LogP contribution in [0.15, 0.2) is 33.7 Å². The molecule has 1 aromatic rings. The molecule has 0 radical (unpaired) electrons. The number of hydrogen-bond acceptors (Lipinski definition) is 12. The van der Waals surface area contributed by atoms with Gasteiger partial charge >= 0.3 is 5.69 Å². The fourth-order valence-corrected chi connectivity index (χ4v) is 4.92. The van der Waals surface area contributed by atoms with Gasteiger partial charge in [-0.2, -0.15) is 0 Å². The summed E-state index contributed by atoms with van der Waals surface area (Å²) in [6, 6.07) is 0.240. The van der Waals surface area contributed by atoms with Crippen LogP contribution in [0.3, 0.4) is 0 Å². The summed E-state index contributed by atoms with van der Waals surface area (Å²) < 4.78 is 29.1. The van der Waals surface area contributed by atoms with E-state index in [2.05, 4.69) is 15.6 Å². The topological polar surface area (TPSA) is 243 Å². The van der Waals surface area contributed by atoms with Crippen LogP contribution < -0.4 is 27.6 Å². The third kappa shape index (κ3) is 6.50. The molecule has 1 aromatic heterocycles. The highest BCUT2D eigenvalue weighted by Gasteiger charge is 2.53. The van der Waals surface area contributed by atoms with Crippen LogP contribution in [0.1, 0.15) is 25.5 Å². The summed E-state index contributed by atoms with van der Waals surface area (Å²) in [5.41, 5.74) is 4.13. The zero-order valence-electron chi connectivity index (χ0n) is 22.3. The van der Waals surface area contributed by atoms with Crippen molar-refractivity contribution >= 4 is 17.7 Å². The molecule has 17 heteroatoms. The van der Waals surface area contributed by atoms with E-state index in [0.717, 1.165) is 23.1 Å². The molecule has 0 aromatic carbocycles. The molecule has 4 heterocycles. The Kier molecular flexibility index (Phi) is 9.57. The molecule has 3 aliphatic rings. The lowest BCUT2D eigenvalue weighted by atomic mass is 10.0. The van der Waals surface area contributed by atoms with Crippen molar-refractivity contribution in [3.05, 3.63) is 44.9 Å². The van der Waals surface area contributed by atoms with Crippen molar-refractivity contribution in [2.24, 2.45) is 5.73 Å². The number of hydrogen-bond donors (Lipinski definition) is 6. The number of nitrogens with zero attached hydrogens (tertiary/aromatic N) is 1. The first-order chi connectivity index (χ1) is 19.5. The van der Waals surface area contributed by atoms with E-state index in [-0.39, 0.29) is 5.91 Å². The molecule has 4 rings (SSSR count). The third-order valence-electron chi connectivity index (χ3n) is 7.01. The Bertz CT molecular complexity index is 1280. The van der Waals surface area contributed by atoms with Gasteiger partial charge in [0, 0.05) is 33.0 Å². The molecule has 0 bridgehead atoms. The summed E-state index contributed by atoms with van der Waals surface area (Å²) in [4.78, 5) is 63.7. The number of aliphatic hydroxyl groups is 2. The molecule has 3 aliphatic heterocycles. The van der Waals surface area contributed by atoms with Crippen molar-refractivity contribution in [2.75, 3.05) is 20.8 Å². The molecule has 9 atom stereocenters. The van der Waals surface area contributed by atoms with Crippen molar-refractivity contribution in [1.29, 1.82) is 0 Å². The quantitative estimate of drug-likeness (QED) is 0.163. The van der Waals surface area contributed by atoms with Crippen LogP contribution in [-0.4, -0.2) is 107 Å². The summed E-state index contributed by atoms with van der Waals surface area (Å²) in [6.07, 6.45) is -7.65. The van der Waals surface area contributed by atoms with Crippen LogP contribution in [0.2, 0.25) is 0 Å². The van der Waals surface area contributed by atoms with E-state index in [9.17, 15) is 34.2 Å². The average molecular weight is 584 g/mol.